The van der Waals surface area contributed by atoms with Crippen LogP contribution < -0.4 is 0 Å². The molecule has 1 heterocycles. The molecular weight excluding hydrogens is 216 g/mol. The van der Waals surface area contributed by atoms with Gasteiger partial charge in [0.25, 0.3) is 0 Å². The highest BCUT2D eigenvalue weighted by Crippen LogP contribution is 2.21. The van der Waals surface area contributed by atoms with Crippen LogP contribution in [0.1, 0.15) is 48.8 Å². The van der Waals surface area contributed by atoms with Crippen LogP contribution in [0.5, 0.6) is 0 Å². The third-order valence-corrected chi connectivity index (χ3v) is 2.94. The maximum atomic E-state index is 10.9. The first-order valence-electron chi connectivity index (χ1n) is 5.84. The molecule has 90 valence electrons. The maximum absolute atomic E-state index is 10.9. The Morgan fingerprint density at radius 3 is 2.94 bits per heavy atom. The number of benzene rings is 1. The van der Waals surface area contributed by atoms with Gasteiger partial charge >= 0.3 is 5.97 Å². The van der Waals surface area contributed by atoms with Gasteiger partial charge in [0.05, 0.1) is 16.6 Å². The summed E-state index contributed by atoms with van der Waals surface area (Å²) in [6, 6.07) is 4.96. The number of carbonyl (C=O) groups is 1. The van der Waals surface area contributed by atoms with Crippen molar-refractivity contribution < 1.29 is 9.90 Å². The molecule has 1 aromatic carbocycles. The first-order chi connectivity index (χ1) is 8.11. The standard InChI is InChI=1S/C13H16N2O2/c1-3-4-8(2)12-14-10-6-5-9(13(16)17)7-11(10)15-12/h5-8H,3-4H2,1-2H3,(H,14,15)(H,16,17)/t8-/m0/s1. The van der Waals surface area contributed by atoms with Crippen LogP contribution in [-0.4, -0.2) is 21.0 Å². The number of hydrogen-bond donors (Lipinski definition) is 2. The van der Waals surface area contributed by atoms with Gasteiger partial charge in [-0.05, 0) is 24.6 Å². The molecule has 0 aliphatic rings. The Balaban J connectivity index is 2.40. The minimum Gasteiger partial charge on any atom is -0.478 e. The number of carboxylic acids is 1. The van der Waals surface area contributed by atoms with E-state index >= 15 is 0 Å². The van der Waals surface area contributed by atoms with Crippen molar-refractivity contribution >= 4 is 17.0 Å². The highest BCUT2D eigenvalue weighted by Gasteiger charge is 2.11. The molecule has 0 radical (unpaired) electrons. The molecule has 0 spiro atoms. The molecule has 1 atom stereocenters. The van der Waals surface area contributed by atoms with Gasteiger partial charge in [0.2, 0.25) is 0 Å². The van der Waals surface area contributed by atoms with Crippen LogP contribution in [0.3, 0.4) is 0 Å². The van der Waals surface area contributed by atoms with Gasteiger partial charge in [-0.1, -0.05) is 20.3 Å². The highest BCUT2D eigenvalue weighted by atomic mass is 16.4. The van der Waals surface area contributed by atoms with Crippen molar-refractivity contribution in [3.05, 3.63) is 29.6 Å². The lowest BCUT2D eigenvalue weighted by Gasteiger charge is -2.04. The number of aromatic amines is 1. The highest BCUT2D eigenvalue weighted by molar-refractivity contribution is 5.92. The number of rotatable bonds is 4. The third kappa shape index (κ3) is 2.30. The molecule has 0 fully saturated rings. The molecule has 0 saturated carbocycles. The van der Waals surface area contributed by atoms with E-state index in [9.17, 15) is 4.79 Å². The fourth-order valence-corrected chi connectivity index (χ4v) is 1.97. The summed E-state index contributed by atoms with van der Waals surface area (Å²) >= 11 is 0. The number of nitrogens with one attached hydrogen (secondary N) is 1. The van der Waals surface area contributed by atoms with Gasteiger partial charge in [-0.25, -0.2) is 9.78 Å². The van der Waals surface area contributed by atoms with E-state index in [1.54, 1.807) is 18.2 Å². The molecule has 4 nitrogen and oxygen atoms in total. The smallest absolute Gasteiger partial charge is 0.335 e. The number of carboxylic acid groups (broad SMARTS) is 1. The normalized spacial score (nSPS) is 12.8. The summed E-state index contributed by atoms with van der Waals surface area (Å²) in [5.41, 5.74) is 1.91. The quantitative estimate of drug-likeness (QED) is 0.850. The van der Waals surface area contributed by atoms with Crippen LogP contribution in [0.25, 0.3) is 11.0 Å². The molecule has 0 unspecified atom stereocenters. The SMILES string of the molecule is CCC[C@H](C)c1nc2ccc(C(=O)O)cc2[nH]1. The predicted octanol–water partition coefficient (Wildman–Crippen LogP) is 3.16. The van der Waals surface area contributed by atoms with Gasteiger partial charge in [-0.2, -0.15) is 0 Å². The second-order valence-corrected chi connectivity index (χ2v) is 4.35. The fraction of sp³-hybridized carbons (Fsp3) is 0.385. The predicted molar refractivity (Wildman–Crippen MR) is 66.4 cm³/mol. The Morgan fingerprint density at radius 2 is 2.29 bits per heavy atom. The Kier molecular flexibility index (Phi) is 3.13. The summed E-state index contributed by atoms with van der Waals surface area (Å²) in [5, 5.41) is 8.91. The molecular formula is C13H16N2O2. The molecule has 4 heteroatoms. The van der Waals surface area contributed by atoms with Crippen LogP contribution >= 0.6 is 0 Å². The molecule has 0 aliphatic carbocycles. The number of imidazole rings is 1. The number of fused-ring (bicyclic) bond motifs is 1. The molecule has 0 aliphatic heterocycles. The van der Waals surface area contributed by atoms with E-state index in [-0.39, 0.29) is 5.56 Å². The van der Waals surface area contributed by atoms with E-state index in [2.05, 4.69) is 23.8 Å². The number of nitrogens with zero attached hydrogens (tertiary/aromatic N) is 1. The molecule has 2 aromatic rings. The zero-order chi connectivity index (χ0) is 12.4. The van der Waals surface area contributed by atoms with Crippen LogP contribution in [-0.2, 0) is 0 Å². The van der Waals surface area contributed by atoms with Crippen molar-refractivity contribution in [3.63, 3.8) is 0 Å². The average molecular weight is 232 g/mol. The second kappa shape index (κ2) is 4.57. The van der Waals surface area contributed by atoms with E-state index in [0.29, 0.717) is 5.92 Å². The molecule has 2 N–H and O–H groups in total. The van der Waals surface area contributed by atoms with Gasteiger partial charge in [0.1, 0.15) is 5.82 Å². The van der Waals surface area contributed by atoms with Gasteiger partial charge in [-0.3, -0.25) is 0 Å². The number of H-pyrrole nitrogens is 1. The van der Waals surface area contributed by atoms with Crippen molar-refractivity contribution in [1.82, 2.24) is 9.97 Å². The lowest BCUT2D eigenvalue weighted by atomic mass is 10.1. The largest absolute Gasteiger partial charge is 0.478 e. The van der Waals surface area contributed by atoms with Crippen LogP contribution in [0.15, 0.2) is 18.2 Å². The Labute approximate surface area is 99.7 Å². The third-order valence-electron chi connectivity index (χ3n) is 2.94. The molecule has 0 bridgehead atoms. The molecule has 17 heavy (non-hydrogen) atoms. The fourth-order valence-electron chi connectivity index (χ4n) is 1.97. The van der Waals surface area contributed by atoms with Gasteiger partial charge in [0.15, 0.2) is 0 Å². The Hall–Kier alpha value is -1.84. The first-order valence-corrected chi connectivity index (χ1v) is 5.84. The van der Waals surface area contributed by atoms with E-state index in [4.69, 9.17) is 5.11 Å². The minimum atomic E-state index is -0.912. The Bertz CT molecular complexity index is 545. The van der Waals surface area contributed by atoms with Crippen LogP contribution in [0, 0.1) is 0 Å². The van der Waals surface area contributed by atoms with Gasteiger partial charge in [0, 0.05) is 5.92 Å². The van der Waals surface area contributed by atoms with Crippen molar-refractivity contribution in [2.24, 2.45) is 0 Å². The first kappa shape index (κ1) is 11.6. The van der Waals surface area contributed by atoms with Crippen molar-refractivity contribution in [3.8, 4) is 0 Å². The molecule has 2 rings (SSSR count). The van der Waals surface area contributed by atoms with Gasteiger partial charge < -0.3 is 10.1 Å². The van der Waals surface area contributed by atoms with E-state index < -0.39 is 5.97 Å². The van der Waals surface area contributed by atoms with Crippen LogP contribution in [0.2, 0.25) is 0 Å². The summed E-state index contributed by atoms with van der Waals surface area (Å²) in [7, 11) is 0. The van der Waals surface area contributed by atoms with E-state index in [1.165, 1.54) is 0 Å². The zero-order valence-electron chi connectivity index (χ0n) is 10.0. The lowest BCUT2D eigenvalue weighted by Crippen LogP contribution is -1.95. The van der Waals surface area contributed by atoms with Crippen molar-refractivity contribution in [2.75, 3.05) is 0 Å². The molecule has 0 saturated heterocycles. The monoisotopic (exact) mass is 232 g/mol. The Morgan fingerprint density at radius 1 is 1.53 bits per heavy atom. The molecule has 1 aromatic heterocycles. The minimum absolute atomic E-state index is 0.288. The van der Waals surface area contributed by atoms with Crippen molar-refractivity contribution in [1.29, 1.82) is 0 Å². The zero-order valence-corrected chi connectivity index (χ0v) is 10.0. The summed E-state index contributed by atoms with van der Waals surface area (Å²) in [6.45, 7) is 4.26. The summed E-state index contributed by atoms with van der Waals surface area (Å²) < 4.78 is 0. The summed E-state index contributed by atoms with van der Waals surface area (Å²) in [4.78, 5) is 18.5. The maximum Gasteiger partial charge on any atom is 0.335 e. The number of aromatic carboxylic acids is 1. The lowest BCUT2D eigenvalue weighted by molar-refractivity contribution is 0.0697. The number of aromatic nitrogens is 2. The van der Waals surface area contributed by atoms with E-state index in [1.807, 2.05) is 0 Å². The van der Waals surface area contributed by atoms with E-state index in [0.717, 1.165) is 29.7 Å². The topological polar surface area (TPSA) is 66.0 Å². The second-order valence-electron chi connectivity index (χ2n) is 4.35. The summed E-state index contributed by atoms with van der Waals surface area (Å²) in [5.74, 6) is 0.398. The number of hydrogen-bond acceptors (Lipinski definition) is 2. The average Bonchev–Trinajstić information content (AvgIpc) is 2.71. The molecule has 0 amide bonds. The van der Waals surface area contributed by atoms with Crippen molar-refractivity contribution in [2.45, 2.75) is 32.6 Å². The van der Waals surface area contributed by atoms with Gasteiger partial charge in [-0.15, -0.1) is 0 Å². The van der Waals surface area contributed by atoms with Crippen LogP contribution in [0.4, 0.5) is 0 Å². The summed E-state index contributed by atoms with van der Waals surface area (Å²) in [6.07, 6.45) is 2.18.